The molecule has 5 heteroatoms. The zero-order valence-electron chi connectivity index (χ0n) is 10.7. The molecule has 0 amide bonds. The van der Waals surface area contributed by atoms with E-state index in [2.05, 4.69) is 38.4 Å². The highest BCUT2D eigenvalue weighted by molar-refractivity contribution is 9.10. The molecule has 0 spiro atoms. The maximum atomic E-state index is 5.78. The van der Waals surface area contributed by atoms with E-state index in [9.17, 15) is 0 Å². The third-order valence-corrected chi connectivity index (χ3v) is 3.45. The molecule has 0 fully saturated rings. The quantitative estimate of drug-likeness (QED) is 0.750. The van der Waals surface area contributed by atoms with Gasteiger partial charge in [0.15, 0.2) is 0 Å². The van der Waals surface area contributed by atoms with Crippen LogP contribution in [-0.2, 0) is 6.54 Å². The van der Waals surface area contributed by atoms with Crippen LogP contribution in [0.3, 0.4) is 0 Å². The molecular weight excluding hydrogens is 316 g/mol. The zero-order chi connectivity index (χ0) is 13.9. The first-order chi connectivity index (χ1) is 9.70. The fraction of sp³-hybridized carbons (Fsp3) is 0.0667. The average Bonchev–Trinajstić information content (AvgIpc) is 2.87. The number of aromatic nitrogens is 3. The highest BCUT2D eigenvalue weighted by Crippen LogP contribution is 2.19. The molecule has 2 N–H and O–H groups in total. The van der Waals surface area contributed by atoms with Crippen LogP contribution < -0.4 is 5.73 Å². The summed E-state index contributed by atoms with van der Waals surface area (Å²) in [7, 11) is 0. The highest BCUT2D eigenvalue weighted by Gasteiger charge is 2.05. The number of nitrogens with two attached hydrogens (primary N) is 1. The molecule has 0 saturated heterocycles. The largest absolute Gasteiger partial charge is 0.399 e. The first kappa shape index (κ1) is 12.9. The van der Waals surface area contributed by atoms with E-state index in [1.54, 1.807) is 0 Å². The Hall–Kier alpha value is -2.14. The van der Waals surface area contributed by atoms with Gasteiger partial charge in [-0.1, -0.05) is 45.4 Å². The number of halogens is 1. The molecule has 100 valence electrons. The lowest BCUT2D eigenvalue weighted by atomic mass is 10.1. The normalized spacial score (nSPS) is 10.7. The number of nitrogen functional groups attached to an aromatic ring is 1. The molecule has 0 aliphatic carbocycles. The fourth-order valence-electron chi connectivity index (χ4n) is 2.03. The molecular formula is C15H13BrN4. The molecule has 0 bridgehead atoms. The van der Waals surface area contributed by atoms with E-state index >= 15 is 0 Å². The summed E-state index contributed by atoms with van der Waals surface area (Å²) in [6.07, 6.45) is 1.93. The van der Waals surface area contributed by atoms with Gasteiger partial charge in [0.25, 0.3) is 0 Å². The molecule has 0 radical (unpaired) electrons. The van der Waals surface area contributed by atoms with E-state index in [-0.39, 0.29) is 0 Å². The predicted molar refractivity (Wildman–Crippen MR) is 83.1 cm³/mol. The van der Waals surface area contributed by atoms with Crippen LogP contribution in [0.1, 0.15) is 5.56 Å². The topological polar surface area (TPSA) is 56.7 Å². The maximum Gasteiger partial charge on any atom is 0.113 e. The van der Waals surface area contributed by atoms with Crippen LogP contribution in [0, 0.1) is 0 Å². The minimum Gasteiger partial charge on any atom is -0.399 e. The van der Waals surface area contributed by atoms with Crippen LogP contribution in [0.4, 0.5) is 5.69 Å². The number of nitrogens with zero attached hydrogens (tertiary/aromatic N) is 3. The molecule has 4 nitrogen and oxygen atoms in total. The lowest BCUT2D eigenvalue weighted by Gasteiger charge is -2.01. The van der Waals surface area contributed by atoms with Crippen molar-refractivity contribution in [2.75, 3.05) is 5.73 Å². The number of rotatable bonds is 3. The third-order valence-electron chi connectivity index (χ3n) is 2.95. The predicted octanol–water partition coefficient (Wildman–Crippen LogP) is 3.34. The zero-order valence-corrected chi connectivity index (χ0v) is 12.3. The van der Waals surface area contributed by atoms with E-state index in [0.29, 0.717) is 6.54 Å². The lowest BCUT2D eigenvalue weighted by Crippen LogP contribution is -2.00. The van der Waals surface area contributed by atoms with Gasteiger partial charge in [0, 0.05) is 15.7 Å². The van der Waals surface area contributed by atoms with Crippen molar-refractivity contribution in [3.8, 4) is 11.3 Å². The van der Waals surface area contributed by atoms with Crippen LogP contribution in [0.2, 0.25) is 0 Å². The van der Waals surface area contributed by atoms with E-state index < -0.39 is 0 Å². The van der Waals surface area contributed by atoms with Crippen molar-refractivity contribution in [1.29, 1.82) is 0 Å². The van der Waals surface area contributed by atoms with Crippen molar-refractivity contribution in [1.82, 2.24) is 15.0 Å². The van der Waals surface area contributed by atoms with Crippen molar-refractivity contribution in [3.63, 3.8) is 0 Å². The summed E-state index contributed by atoms with van der Waals surface area (Å²) in [5.74, 6) is 0. The summed E-state index contributed by atoms with van der Waals surface area (Å²) in [6, 6.07) is 15.8. The number of benzene rings is 2. The Morgan fingerprint density at radius 3 is 2.75 bits per heavy atom. The second kappa shape index (κ2) is 5.46. The van der Waals surface area contributed by atoms with Crippen molar-refractivity contribution in [3.05, 3.63) is 64.8 Å². The molecule has 3 aromatic rings. The van der Waals surface area contributed by atoms with E-state index in [0.717, 1.165) is 21.4 Å². The second-order valence-electron chi connectivity index (χ2n) is 4.56. The second-order valence-corrected chi connectivity index (χ2v) is 5.47. The van der Waals surface area contributed by atoms with Gasteiger partial charge in [0.1, 0.15) is 5.69 Å². The SMILES string of the molecule is Nc1cccc(-c2cn(Cc3cccc(Br)c3)nn2)c1. The summed E-state index contributed by atoms with van der Waals surface area (Å²) in [6.45, 7) is 0.689. The van der Waals surface area contributed by atoms with Crippen LogP contribution >= 0.6 is 15.9 Å². The molecule has 0 aliphatic heterocycles. The summed E-state index contributed by atoms with van der Waals surface area (Å²) in [5, 5.41) is 8.35. The van der Waals surface area contributed by atoms with Crippen molar-refractivity contribution in [2.24, 2.45) is 0 Å². The fourth-order valence-corrected chi connectivity index (χ4v) is 2.47. The van der Waals surface area contributed by atoms with Gasteiger partial charge < -0.3 is 5.73 Å². The van der Waals surface area contributed by atoms with Crippen molar-refractivity contribution >= 4 is 21.6 Å². The van der Waals surface area contributed by atoms with Crippen molar-refractivity contribution < 1.29 is 0 Å². The van der Waals surface area contributed by atoms with Gasteiger partial charge in [0.2, 0.25) is 0 Å². The molecule has 2 aromatic carbocycles. The Kier molecular flexibility index (Phi) is 3.52. The van der Waals surface area contributed by atoms with Gasteiger partial charge in [-0.05, 0) is 29.8 Å². The number of hydrogen-bond acceptors (Lipinski definition) is 3. The number of hydrogen-bond donors (Lipinski definition) is 1. The summed E-state index contributed by atoms with van der Waals surface area (Å²) < 4.78 is 2.88. The Balaban J connectivity index is 1.84. The van der Waals surface area contributed by atoms with Crippen molar-refractivity contribution in [2.45, 2.75) is 6.54 Å². The summed E-state index contributed by atoms with van der Waals surface area (Å²) >= 11 is 3.47. The van der Waals surface area contributed by atoms with E-state index in [1.807, 2.05) is 47.3 Å². The molecule has 0 aliphatic rings. The average molecular weight is 329 g/mol. The molecule has 0 saturated carbocycles. The Morgan fingerprint density at radius 1 is 1.10 bits per heavy atom. The summed E-state index contributed by atoms with van der Waals surface area (Å²) in [5.41, 5.74) is 9.48. The summed E-state index contributed by atoms with van der Waals surface area (Å²) in [4.78, 5) is 0. The Labute approximate surface area is 125 Å². The maximum absolute atomic E-state index is 5.78. The van der Waals surface area contributed by atoms with E-state index in [4.69, 9.17) is 5.73 Å². The van der Waals surface area contributed by atoms with E-state index in [1.165, 1.54) is 5.56 Å². The molecule has 3 rings (SSSR count). The molecule has 0 atom stereocenters. The molecule has 1 aromatic heterocycles. The first-order valence-corrected chi connectivity index (χ1v) is 7.00. The van der Waals surface area contributed by atoms with Crippen LogP contribution in [0.5, 0.6) is 0 Å². The lowest BCUT2D eigenvalue weighted by molar-refractivity contribution is 0.649. The monoisotopic (exact) mass is 328 g/mol. The Morgan fingerprint density at radius 2 is 1.95 bits per heavy atom. The standard InChI is InChI=1S/C15H13BrN4/c16-13-5-1-3-11(7-13)9-20-10-15(18-19-20)12-4-2-6-14(17)8-12/h1-8,10H,9,17H2. The van der Waals surface area contributed by atoms with Gasteiger partial charge >= 0.3 is 0 Å². The third kappa shape index (κ3) is 2.88. The van der Waals surface area contributed by atoms with Gasteiger partial charge in [-0.2, -0.15) is 0 Å². The van der Waals surface area contributed by atoms with Gasteiger partial charge in [0.05, 0.1) is 12.7 Å². The van der Waals surface area contributed by atoms with Crippen LogP contribution in [-0.4, -0.2) is 15.0 Å². The minimum absolute atomic E-state index is 0.689. The molecule has 1 heterocycles. The first-order valence-electron chi connectivity index (χ1n) is 6.21. The molecule has 0 unspecified atom stereocenters. The van der Waals surface area contributed by atoms with Gasteiger partial charge in [-0.25, -0.2) is 4.68 Å². The Bertz CT molecular complexity index is 736. The van der Waals surface area contributed by atoms with Crippen LogP contribution in [0.25, 0.3) is 11.3 Å². The smallest absolute Gasteiger partial charge is 0.113 e. The number of anilines is 1. The van der Waals surface area contributed by atoms with Gasteiger partial charge in [-0.3, -0.25) is 0 Å². The van der Waals surface area contributed by atoms with Crippen LogP contribution in [0.15, 0.2) is 59.2 Å². The highest BCUT2D eigenvalue weighted by atomic mass is 79.9. The minimum atomic E-state index is 0.689. The van der Waals surface area contributed by atoms with Gasteiger partial charge in [-0.15, -0.1) is 5.10 Å². The molecule has 20 heavy (non-hydrogen) atoms.